The molecule has 0 fully saturated rings. The monoisotopic (exact) mass is 317 g/mol. The zero-order valence-corrected chi connectivity index (χ0v) is 11.8. The van der Waals surface area contributed by atoms with Crippen LogP contribution >= 0.6 is 0 Å². The van der Waals surface area contributed by atoms with Crippen LogP contribution in [0.2, 0.25) is 0 Å². The van der Waals surface area contributed by atoms with Crippen molar-refractivity contribution in [2.45, 2.75) is 4.90 Å². The van der Waals surface area contributed by atoms with Crippen molar-refractivity contribution in [3.63, 3.8) is 0 Å². The number of benzene rings is 1. The first-order chi connectivity index (χ1) is 9.50. The second-order valence-corrected chi connectivity index (χ2v) is 6.00. The Kier molecular flexibility index (Phi) is 4.60. The van der Waals surface area contributed by atoms with E-state index in [1.54, 1.807) is 12.1 Å². The van der Waals surface area contributed by atoms with Gasteiger partial charge >= 0.3 is 5.97 Å². The molecule has 1 aliphatic rings. The molecule has 0 atom stereocenters. The molecule has 0 amide bonds. The Labute approximate surface area is 118 Å². The maximum absolute atomic E-state index is 12.1. The van der Waals surface area contributed by atoms with Crippen molar-refractivity contribution in [2.24, 2.45) is 8.73 Å². The molecule has 0 radical (unpaired) electrons. The molecular formula is C10H11N3O5S2. The predicted octanol–water partition coefficient (Wildman–Crippen LogP) is 0.793. The van der Waals surface area contributed by atoms with Gasteiger partial charge in [-0.3, -0.25) is 0 Å². The summed E-state index contributed by atoms with van der Waals surface area (Å²) >= 11 is 0.936. The van der Waals surface area contributed by atoms with E-state index in [1.165, 1.54) is 6.07 Å². The fourth-order valence-corrected chi connectivity index (χ4v) is 3.26. The fraction of sp³-hybridized carbons (Fsp3) is 0.300. The largest absolute Gasteiger partial charge is 0.480 e. The second kappa shape index (κ2) is 6.22. The van der Waals surface area contributed by atoms with Gasteiger partial charge in [0, 0.05) is 6.54 Å². The van der Waals surface area contributed by atoms with Crippen molar-refractivity contribution in [3.8, 4) is 0 Å². The number of carboxylic acid groups (broad SMARTS) is 1. The number of ether oxygens (including phenoxy) is 1. The minimum absolute atomic E-state index is 0.0242. The zero-order chi connectivity index (χ0) is 14.6. The van der Waals surface area contributed by atoms with Crippen molar-refractivity contribution >= 4 is 38.7 Å². The highest BCUT2D eigenvalue weighted by Gasteiger charge is 2.21. The van der Waals surface area contributed by atoms with Gasteiger partial charge in [0.2, 0.25) is 10.0 Å². The average molecular weight is 317 g/mol. The van der Waals surface area contributed by atoms with Gasteiger partial charge in [0.25, 0.3) is 0 Å². The van der Waals surface area contributed by atoms with E-state index in [0.29, 0.717) is 11.4 Å². The fourth-order valence-electron chi connectivity index (χ4n) is 1.48. The lowest BCUT2D eigenvalue weighted by Crippen LogP contribution is -2.28. The molecule has 0 unspecified atom stereocenters. The van der Waals surface area contributed by atoms with Crippen LogP contribution in [0.5, 0.6) is 0 Å². The summed E-state index contributed by atoms with van der Waals surface area (Å²) in [6.07, 6.45) is 0. The second-order valence-electron chi connectivity index (χ2n) is 3.73. The molecule has 1 heterocycles. The first kappa shape index (κ1) is 14.8. The third-order valence-corrected chi connectivity index (χ3v) is 4.34. The molecule has 1 aromatic carbocycles. The number of aliphatic carboxylic acids is 1. The molecule has 0 aliphatic carbocycles. The molecule has 108 valence electrons. The lowest BCUT2D eigenvalue weighted by Gasteiger charge is -2.08. The average Bonchev–Trinajstić information content (AvgIpc) is 2.85. The molecule has 1 aliphatic heterocycles. The number of hydrogen-bond donors (Lipinski definition) is 2. The minimum Gasteiger partial charge on any atom is -0.480 e. The molecule has 1 aromatic rings. The zero-order valence-electron chi connectivity index (χ0n) is 10.1. The number of carboxylic acids is 1. The molecule has 0 aromatic heterocycles. The van der Waals surface area contributed by atoms with Crippen LogP contribution in [0.3, 0.4) is 0 Å². The minimum atomic E-state index is -3.73. The summed E-state index contributed by atoms with van der Waals surface area (Å²) in [6.45, 7) is -0.520. The molecule has 0 spiro atoms. The molecule has 8 nitrogen and oxygen atoms in total. The van der Waals surface area contributed by atoms with Gasteiger partial charge in [0.1, 0.15) is 22.9 Å². The van der Waals surface area contributed by atoms with Crippen molar-refractivity contribution in [3.05, 3.63) is 18.2 Å². The van der Waals surface area contributed by atoms with Gasteiger partial charge in [-0.05, 0) is 12.1 Å². The van der Waals surface area contributed by atoms with Crippen molar-refractivity contribution in [1.29, 1.82) is 0 Å². The van der Waals surface area contributed by atoms with Crippen LogP contribution in [-0.2, 0) is 30.9 Å². The summed E-state index contributed by atoms with van der Waals surface area (Å²) in [6, 6.07) is 4.69. The Morgan fingerprint density at radius 1 is 1.40 bits per heavy atom. The number of sulfonamides is 1. The first-order valence-corrected chi connectivity index (χ1v) is 7.72. The Hall–Kier alpha value is -1.62. The van der Waals surface area contributed by atoms with E-state index in [0.717, 1.165) is 11.4 Å². The van der Waals surface area contributed by atoms with Gasteiger partial charge in [-0.1, -0.05) is 6.07 Å². The molecular weight excluding hydrogens is 306 g/mol. The molecule has 0 saturated heterocycles. The molecule has 10 heteroatoms. The standard InChI is InChI=1S/C10H11N3O5S2/c14-9(15)6-18-5-4-11-20(16,17)8-3-1-2-7-10(8)13-19-12-7/h1-3,11H,4-6H2,(H,14,15). The highest BCUT2D eigenvalue weighted by atomic mass is 32.2. The van der Waals surface area contributed by atoms with E-state index >= 15 is 0 Å². The summed E-state index contributed by atoms with van der Waals surface area (Å²) in [4.78, 5) is 10.3. The Bertz CT molecular complexity index is 695. The summed E-state index contributed by atoms with van der Waals surface area (Å²) < 4.78 is 39.2. The van der Waals surface area contributed by atoms with Crippen LogP contribution in [0.25, 0.3) is 0 Å². The highest BCUT2D eigenvalue weighted by Crippen LogP contribution is 2.37. The summed E-state index contributed by atoms with van der Waals surface area (Å²) in [5.41, 5.74) is 0.830. The lowest BCUT2D eigenvalue weighted by atomic mass is 10.3. The Morgan fingerprint density at radius 3 is 2.95 bits per heavy atom. The Morgan fingerprint density at radius 2 is 2.20 bits per heavy atom. The molecule has 0 bridgehead atoms. The van der Waals surface area contributed by atoms with Gasteiger partial charge < -0.3 is 9.84 Å². The summed E-state index contributed by atoms with van der Waals surface area (Å²) in [5, 5.41) is 8.37. The molecule has 0 saturated carbocycles. The molecule has 2 N–H and O–H groups in total. The van der Waals surface area contributed by atoms with Crippen molar-refractivity contribution in [2.75, 3.05) is 19.8 Å². The highest BCUT2D eigenvalue weighted by molar-refractivity contribution is 7.89. The van der Waals surface area contributed by atoms with Gasteiger partial charge in [-0.15, -0.1) is 0 Å². The van der Waals surface area contributed by atoms with Gasteiger partial charge in [-0.25, -0.2) is 17.9 Å². The Balaban J connectivity index is 2.00. The summed E-state index contributed by atoms with van der Waals surface area (Å²) in [7, 11) is -3.73. The van der Waals surface area contributed by atoms with E-state index in [-0.39, 0.29) is 18.0 Å². The van der Waals surface area contributed by atoms with Crippen LogP contribution < -0.4 is 4.72 Å². The van der Waals surface area contributed by atoms with Crippen LogP contribution in [0.15, 0.2) is 31.8 Å². The maximum Gasteiger partial charge on any atom is 0.329 e. The number of fused-ring (bicyclic) bond motifs is 1. The third-order valence-electron chi connectivity index (χ3n) is 2.30. The summed E-state index contributed by atoms with van der Waals surface area (Å²) in [5.74, 6) is -1.11. The van der Waals surface area contributed by atoms with Crippen molar-refractivity contribution < 1.29 is 23.1 Å². The van der Waals surface area contributed by atoms with Gasteiger partial charge in [0.15, 0.2) is 0 Å². The van der Waals surface area contributed by atoms with Crippen LogP contribution in [0.1, 0.15) is 0 Å². The molecule has 2 rings (SSSR count). The van der Waals surface area contributed by atoms with Gasteiger partial charge in [-0.2, -0.15) is 8.73 Å². The van der Waals surface area contributed by atoms with Crippen LogP contribution in [0.4, 0.5) is 11.4 Å². The normalized spacial score (nSPS) is 13.0. The lowest BCUT2D eigenvalue weighted by molar-refractivity contribution is -0.142. The van der Waals surface area contributed by atoms with Crippen LogP contribution in [0, 0.1) is 0 Å². The first-order valence-electron chi connectivity index (χ1n) is 5.51. The van der Waals surface area contributed by atoms with E-state index in [9.17, 15) is 13.2 Å². The number of rotatable bonds is 7. The number of nitrogens with one attached hydrogen (secondary N) is 1. The van der Waals surface area contributed by atoms with E-state index in [2.05, 4.69) is 13.4 Å². The number of nitrogens with zero attached hydrogens (tertiary/aromatic N) is 2. The van der Waals surface area contributed by atoms with E-state index in [4.69, 9.17) is 9.84 Å². The SMILES string of the molecule is O=C(O)COCCNS(=O)(=O)c1cccc2c1N=S=N2. The van der Waals surface area contributed by atoms with E-state index in [1.807, 2.05) is 0 Å². The third kappa shape index (κ3) is 3.48. The quantitative estimate of drug-likeness (QED) is 0.732. The smallest absolute Gasteiger partial charge is 0.329 e. The van der Waals surface area contributed by atoms with Gasteiger partial charge in [0.05, 0.1) is 18.0 Å². The topological polar surface area (TPSA) is 117 Å². The molecule has 20 heavy (non-hydrogen) atoms. The van der Waals surface area contributed by atoms with E-state index < -0.39 is 22.6 Å². The predicted molar refractivity (Wildman–Crippen MR) is 71.6 cm³/mol. The number of hydrogen-bond acceptors (Lipinski definition) is 6. The number of carbonyl (C=O) groups is 1. The van der Waals surface area contributed by atoms with Crippen LogP contribution in [-0.4, -0.2) is 39.3 Å². The van der Waals surface area contributed by atoms with Crippen molar-refractivity contribution in [1.82, 2.24) is 4.72 Å². The maximum atomic E-state index is 12.1.